The first-order valence-electron chi connectivity index (χ1n) is 12.2. The number of aromatic nitrogens is 5. The first-order chi connectivity index (χ1) is 19.5. The molecule has 2 heterocycles. The van der Waals surface area contributed by atoms with Gasteiger partial charge < -0.3 is 10.4 Å². The Morgan fingerprint density at radius 1 is 1.07 bits per heavy atom. The van der Waals surface area contributed by atoms with Crippen molar-refractivity contribution in [1.82, 2.24) is 23.9 Å². The molecule has 2 N–H and O–H groups in total. The minimum atomic E-state index is -0.604. The van der Waals surface area contributed by atoms with Crippen molar-refractivity contribution in [2.45, 2.75) is 19.0 Å². The maximum atomic E-state index is 13.1. The van der Waals surface area contributed by atoms with E-state index in [1.807, 2.05) is 32.0 Å². The van der Waals surface area contributed by atoms with E-state index in [9.17, 15) is 24.8 Å². The summed E-state index contributed by atoms with van der Waals surface area (Å²) < 4.78 is 5.17. The summed E-state index contributed by atoms with van der Waals surface area (Å²) in [5.74, 6) is -0.264. The Morgan fingerprint density at radius 2 is 1.78 bits per heavy atom. The van der Waals surface area contributed by atoms with Crippen molar-refractivity contribution in [3.05, 3.63) is 84.7 Å². The molecule has 0 atom stereocenters. The number of imidazole rings is 1. The lowest BCUT2D eigenvalue weighted by atomic mass is 10.1. The predicted octanol–water partition coefficient (Wildman–Crippen LogP) is 4.85. The van der Waals surface area contributed by atoms with Crippen LogP contribution in [-0.2, 0) is 18.9 Å². The van der Waals surface area contributed by atoms with E-state index in [1.54, 1.807) is 29.8 Å². The number of nitro benzene ring substituents is 1. The van der Waals surface area contributed by atoms with E-state index in [-0.39, 0.29) is 28.6 Å². The monoisotopic (exact) mass is 637 g/mol. The molecule has 0 saturated heterocycles. The Balaban J connectivity index is 1.49. The van der Waals surface area contributed by atoms with E-state index in [1.165, 1.54) is 28.3 Å². The highest BCUT2D eigenvalue weighted by Gasteiger charge is 2.23. The van der Waals surface area contributed by atoms with Crippen molar-refractivity contribution in [2.75, 3.05) is 11.1 Å². The molecule has 0 aliphatic carbocycles. The quantitative estimate of drug-likeness (QED) is 0.146. The Hall–Kier alpha value is -4.43. The lowest BCUT2D eigenvalue weighted by molar-refractivity contribution is -0.383. The zero-order chi connectivity index (χ0) is 29.6. The number of carbonyl (C=O) groups excluding carboxylic acids is 1. The van der Waals surface area contributed by atoms with E-state index in [0.29, 0.717) is 27.6 Å². The molecule has 0 aliphatic heterocycles. The third kappa shape index (κ3) is 5.23. The van der Waals surface area contributed by atoms with Gasteiger partial charge in [-0.3, -0.25) is 28.6 Å². The SMILES string of the molecule is Cc1ccc(-n2c(SCC(=O)Nc3cc4c(cc3[N+](=O)[O-])n(C)c(=O)n4C)nnc2-c2cc(Br)ccc2O)c(C)c1. The molecular formula is C27H24BrN7O5S. The zero-order valence-corrected chi connectivity index (χ0v) is 24.8. The molecular weight excluding hydrogens is 614 g/mol. The van der Waals surface area contributed by atoms with Crippen LogP contribution in [0, 0.1) is 24.0 Å². The first kappa shape index (κ1) is 28.1. The van der Waals surface area contributed by atoms with Crippen LogP contribution in [0.5, 0.6) is 5.75 Å². The number of phenols is 1. The van der Waals surface area contributed by atoms with Crippen molar-refractivity contribution in [3.63, 3.8) is 0 Å². The largest absolute Gasteiger partial charge is 0.507 e. The lowest BCUT2D eigenvalue weighted by Gasteiger charge is -2.14. The molecule has 5 rings (SSSR count). The molecule has 0 spiro atoms. The van der Waals surface area contributed by atoms with Gasteiger partial charge in [-0.2, -0.15) is 0 Å². The molecule has 14 heteroatoms. The average Bonchev–Trinajstić information content (AvgIpc) is 3.43. The highest BCUT2D eigenvalue weighted by Crippen LogP contribution is 2.36. The number of phenolic OH excluding ortho intramolecular Hbond substituents is 1. The number of fused-ring (bicyclic) bond motifs is 1. The Bertz CT molecular complexity index is 1930. The summed E-state index contributed by atoms with van der Waals surface area (Å²) in [7, 11) is 3.08. The normalized spacial score (nSPS) is 11.2. The average molecular weight is 639 g/mol. The minimum absolute atomic E-state index is 0.0129. The zero-order valence-electron chi connectivity index (χ0n) is 22.4. The molecule has 12 nitrogen and oxygen atoms in total. The number of halogens is 1. The second kappa shape index (κ2) is 10.9. The standard InChI is InChI=1S/C27H24BrN7O5S/c1-14-5-7-19(15(2)9-14)34-25(17-10-16(28)6-8-23(17)36)30-31-26(34)41-13-24(37)29-18-11-21-22(12-20(18)35(39)40)33(4)27(38)32(21)3/h5-12,36H,13H2,1-4H3,(H,29,37). The molecule has 0 radical (unpaired) electrons. The van der Waals surface area contributed by atoms with E-state index in [2.05, 4.69) is 31.4 Å². The van der Waals surface area contributed by atoms with Crippen LogP contribution in [0.1, 0.15) is 11.1 Å². The molecule has 5 aromatic rings. The van der Waals surface area contributed by atoms with Gasteiger partial charge in [0.05, 0.1) is 33.0 Å². The maximum absolute atomic E-state index is 13.1. The van der Waals surface area contributed by atoms with Crippen LogP contribution in [0.4, 0.5) is 11.4 Å². The number of hydrogen-bond donors (Lipinski definition) is 2. The Labute approximate surface area is 245 Å². The van der Waals surface area contributed by atoms with Crippen molar-refractivity contribution in [2.24, 2.45) is 14.1 Å². The molecule has 2 aromatic heterocycles. The van der Waals surface area contributed by atoms with Crippen molar-refractivity contribution < 1.29 is 14.8 Å². The van der Waals surface area contributed by atoms with Crippen LogP contribution in [0.3, 0.4) is 0 Å². The molecule has 0 bridgehead atoms. The molecule has 41 heavy (non-hydrogen) atoms. The van der Waals surface area contributed by atoms with Gasteiger partial charge >= 0.3 is 5.69 Å². The maximum Gasteiger partial charge on any atom is 0.328 e. The summed E-state index contributed by atoms with van der Waals surface area (Å²) in [4.78, 5) is 36.6. The fraction of sp³-hybridized carbons (Fsp3) is 0.185. The Kier molecular flexibility index (Phi) is 7.44. The van der Waals surface area contributed by atoms with Crippen LogP contribution < -0.4 is 11.0 Å². The summed E-state index contributed by atoms with van der Waals surface area (Å²) in [6.07, 6.45) is 0. The van der Waals surface area contributed by atoms with E-state index < -0.39 is 10.8 Å². The summed E-state index contributed by atoms with van der Waals surface area (Å²) in [5.41, 5.74) is 3.34. The second-order valence-corrected chi connectivity index (χ2v) is 11.3. The van der Waals surface area contributed by atoms with Gasteiger partial charge in [0.2, 0.25) is 5.91 Å². The first-order valence-corrected chi connectivity index (χ1v) is 14.0. The van der Waals surface area contributed by atoms with Gasteiger partial charge in [0.15, 0.2) is 11.0 Å². The number of amides is 1. The summed E-state index contributed by atoms with van der Waals surface area (Å²) >= 11 is 4.52. The van der Waals surface area contributed by atoms with Crippen LogP contribution in [-0.4, -0.2) is 45.6 Å². The number of rotatable bonds is 7. The van der Waals surface area contributed by atoms with Gasteiger partial charge in [0.25, 0.3) is 5.69 Å². The van der Waals surface area contributed by atoms with Crippen LogP contribution >= 0.6 is 27.7 Å². The number of thioether (sulfide) groups is 1. The van der Waals surface area contributed by atoms with Crippen LogP contribution in [0.2, 0.25) is 0 Å². The molecule has 210 valence electrons. The number of benzene rings is 3. The summed E-state index contributed by atoms with van der Waals surface area (Å²) in [6, 6.07) is 13.5. The number of aryl methyl sites for hydroxylation is 4. The second-order valence-electron chi connectivity index (χ2n) is 9.45. The third-order valence-electron chi connectivity index (χ3n) is 6.62. The lowest BCUT2D eigenvalue weighted by Crippen LogP contribution is -2.19. The van der Waals surface area contributed by atoms with Gasteiger partial charge in [0, 0.05) is 24.6 Å². The van der Waals surface area contributed by atoms with Gasteiger partial charge in [-0.1, -0.05) is 45.4 Å². The molecule has 0 aliphatic rings. The fourth-order valence-corrected chi connectivity index (χ4v) is 5.71. The van der Waals surface area contributed by atoms with Crippen molar-refractivity contribution in [1.29, 1.82) is 0 Å². The van der Waals surface area contributed by atoms with Gasteiger partial charge in [-0.25, -0.2) is 4.79 Å². The van der Waals surface area contributed by atoms with E-state index in [0.717, 1.165) is 33.0 Å². The topological polar surface area (TPSA) is 150 Å². The minimum Gasteiger partial charge on any atom is -0.507 e. The smallest absolute Gasteiger partial charge is 0.328 e. The molecule has 3 aromatic carbocycles. The van der Waals surface area contributed by atoms with Crippen molar-refractivity contribution in [3.8, 4) is 22.8 Å². The number of hydrogen-bond acceptors (Lipinski definition) is 8. The number of nitrogens with zero attached hydrogens (tertiary/aromatic N) is 6. The molecule has 0 unspecified atom stereocenters. The molecule has 0 saturated carbocycles. The van der Waals surface area contributed by atoms with E-state index in [4.69, 9.17) is 0 Å². The summed E-state index contributed by atoms with van der Waals surface area (Å²) in [5, 5.41) is 34.0. The van der Waals surface area contributed by atoms with Gasteiger partial charge in [-0.15, -0.1) is 10.2 Å². The number of nitrogens with one attached hydrogen (secondary N) is 1. The fourth-order valence-electron chi connectivity index (χ4n) is 4.60. The van der Waals surface area contributed by atoms with Gasteiger partial charge in [0.1, 0.15) is 11.4 Å². The van der Waals surface area contributed by atoms with E-state index >= 15 is 0 Å². The number of aromatic hydroxyl groups is 1. The molecule has 0 fully saturated rings. The number of anilines is 1. The summed E-state index contributed by atoms with van der Waals surface area (Å²) in [6.45, 7) is 3.92. The van der Waals surface area contributed by atoms with Gasteiger partial charge in [-0.05, 0) is 49.7 Å². The van der Waals surface area contributed by atoms with Crippen LogP contribution in [0.25, 0.3) is 28.1 Å². The molecule has 1 amide bonds. The number of nitro groups is 1. The third-order valence-corrected chi connectivity index (χ3v) is 8.04. The number of carbonyl (C=O) groups is 1. The highest BCUT2D eigenvalue weighted by atomic mass is 79.9. The Morgan fingerprint density at radius 3 is 2.46 bits per heavy atom. The van der Waals surface area contributed by atoms with Crippen molar-refractivity contribution >= 4 is 56.0 Å². The predicted molar refractivity (Wildman–Crippen MR) is 160 cm³/mol. The van der Waals surface area contributed by atoms with Crippen LogP contribution in [0.15, 0.2) is 63.0 Å². The highest BCUT2D eigenvalue weighted by molar-refractivity contribution is 9.10.